The molecule has 0 spiro atoms. The van der Waals surface area contributed by atoms with Crippen LogP contribution >= 0.6 is 0 Å². The van der Waals surface area contributed by atoms with E-state index in [9.17, 15) is 10.2 Å². The molecule has 1 rings (SSSR count). The second-order valence-electron chi connectivity index (χ2n) is 4.42. The molecular weight excluding hydrogens is 216 g/mol. The molecule has 17 heavy (non-hydrogen) atoms. The topological polar surface area (TPSA) is 49.7 Å². The fourth-order valence-electron chi connectivity index (χ4n) is 1.90. The largest absolute Gasteiger partial charge is 0.497 e. The summed E-state index contributed by atoms with van der Waals surface area (Å²) in [6.45, 7) is 3.70. The second kappa shape index (κ2) is 6.62. The van der Waals surface area contributed by atoms with Crippen molar-refractivity contribution in [3.8, 4) is 5.75 Å². The van der Waals surface area contributed by atoms with Gasteiger partial charge in [0.05, 0.1) is 19.3 Å². The number of aliphatic hydroxyl groups excluding tert-OH is 2. The lowest BCUT2D eigenvalue weighted by atomic mass is 9.89. The van der Waals surface area contributed by atoms with Crippen LogP contribution in [0.15, 0.2) is 24.3 Å². The summed E-state index contributed by atoms with van der Waals surface area (Å²) in [5.74, 6) is 1.10. The van der Waals surface area contributed by atoms with Crippen molar-refractivity contribution in [1.82, 2.24) is 0 Å². The van der Waals surface area contributed by atoms with Crippen molar-refractivity contribution in [3.63, 3.8) is 0 Å². The maximum atomic E-state index is 9.72. The molecule has 2 N–H and O–H groups in total. The highest BCUT2D eigenvalue weighted by atomic mass is 16.5. The highest BCUT2D eigenvalue weighted by Crippen LogP contribution is 2.27. The van der Waals surface area contributed by atoms with Gasteiger partial charge in [-0.2, -0.15) is 0 Å². The molecule has 3 unspecified atom stereocenters. The van der Waals surface area contributed by atoms with E-state index in [1.807, 2.05) is 24.3 Å². The molecule has 0 aliphatic carbocycles. The number of aliphatic hydroxyl groups is 2. The Morgan fingerprint density at radius 1 is 1.18 bits per heavy atom. The lowest BCUT2D eigenvalue weighted by Crippen LogP contribution is -2.24. The summed E-state index contributed by atoms with van der Waals surface area (Å²) in [6.07, 6.45) is 0.181. The van der Waals surface area contributed by atoms with Gasteiger partial charge in [-0.25, -0.2) is 0 Å². The normalized spacial score (nSPS) is 16.3. The fraction of sp³-hybridized carbons (Fsp3) is 0.571. The Morgan fingerprint density at radius 3 is 2.18 bits per heavy atom. The Kier molecular flexibility index (Phi) is 5.45. The first-order valence-corrected chi connectivity index (χ1v) is 6.08. The van der Waals surface area contributed by atoms with Gasteiger partial charge in [-0.3, -0.25) is 0 Å². The summed E-state index contributed by atoms with van der Waals surface area (Å²) in [6, 6.07) is 7.88. The minimum Gasteiger partial charge on any atom is -0.497 e. The van der Waals surface area contributed by atoms with Crippen molar-refractivity contribution in [2.75, 3.05) is 7.11 Å². The van der Waals surface area contributed by atoms with E-state index in [2.05, 4.69) is 6.92 Å². The van der Waals surface area contributed by atoms with Crippen LogP contribution in [0.1, 0.15) is 38.2 Å². The van der Waals surface area contributed by atoms with Gasteiger partial charge in [0, 0.05) is 0 Å². The minimum atomic E-state index is -0.678. The smallest absolute Gasteiger partial charge is 0.118 e. The molecule has 0 aliphatic heterocycles. The van der Waals surface area contributed by atoms with Gasteiger partial charge in [0.15, 0.2) is 0 Å². The summed E-state index contributed by atoms with van der Waals surface area (Å²) in [4.78, 5) is 0. The second-order valence-corrected chi connectivity index (χ2v) is 4.42. The van der Waals surface area contributed by atoms with Gasteiger partial charge < -0.3 is 14.9 Å². The molecule has 0 saturated carbocycles. The van der Waals surface area contributed by atoms with E-state index in [1.165, 1.54) is 5.56 Å². The molecule has 96 valence electrons. The molecule has 3 atom stereocenters. The number of ether oxygens (including phenoxy) is 1. The van der Waals surface area contributed by atoms with E-state index in [-0.39, 0.29) is 5.92 Å². The highest BCUT2D eigenvalue weighted by Gasteiger charge is 2.18. The van der Waals surface area contributed by atoms with E-state index >= 15 is 0 Å². The first kappa shape index (κ1) is 14.0. The van der Waals surface area contributed by atoms with Gasteiger partial charge in [-0.1, -0.05) is 19.1 Å². The maximum absolute atomic E-state index is 9.72. The summed E-state index contributed by atoms with van der Waals surface area (Å²) >= 11 is 0. The molecular formula is C14H22O3. The van der Waals surface area contributed by atoms with Crippen molar-refractivity contribution >= 4 is 0 Å². The van der Waals surface area contributed by atoms with Crippen LogP contribution < -0.4 is 4.74 Å². The van der Waals surface area contributed by atoms with E-state index < -0.39 is 12.2 Å². The molecule has 0 aliphatic rings. The third-order valence-corrected chi connectivity index (χ3v) is 3.16. The molecule has 3 nitrogen and oxygen atoms in total. The van der Waals surface area contributed by atoms with Crippen LogP contribution in [0.3, 0.4) is 0 Å². The minimum absolute atomic E-state index is 0.269. The Labute approximate surface area is 103 Å². The Bertz CT molecular complexity index is 319. The molecule has 0 radical (unpaired) electrons. The van der Waals surface area contributed by atoms with Crippen LogP contribution in [0.25, 0.3) is 0 Å². The number of rotatable bonds is 6. The van der Waals surface area contributed by atoms with Crippen LogP contribution in [-0.4, -0.2) is 29.5 Å². The van der Waals surface area contributed by atoms with Gasteiger partial charge in [-0.05, 0) is 43.4 Å². The van der Waals surface area contributed by atoms with Crippen molar-refractivity contribution in [1.29, 1.82) is 0 Å². The first-order valence-electron chi connectivity index (χ1n) is 6.08. The predicted octanol–water partition coefficient (Wildman–Crippen LogP) is 2.32. The van der Waals surface area contributed by atoms with Crippen LogP contribution in [0.4, 0.5) is 0 Å². The number of methoxy groups -OCH3 is 1. The number of benzene rings is 1. The van der Waals surface area contributed by atoms with Crippen molar-refractivity contribution < 1.29 is 14.9 Å². The quantitative estimate of drug-likeness (QED) is 0.799. The van der Waals surface area contributed by atoms with Gasteiger partial charge in [-0.15, -0.1) is 0 Å². The standard InChI is InChI=1S/C14H22O3/c1-4-11(9-14(16)10(2)15)12-5-7-13(17-3)8-6-12/h5-8,10-11,14-16H,4,9H2,1-3H3. The SMILES string of the molecule is CCC(CC(O)C(C)O)c1ccc(OC)cc1. The first-order chi connectivity index (χ1) is 8.08. The fourth-order valence-corrected chi connectivity index (χ4v) is 1.90. The number of hydrogen-bond acceptors (Lipinski definition) is 3. The maximum Gasteiger partial charge on any atom is 0.118 e. The average Bonchev–Trinajstić information content (AvgIpc) is 2.35. The highest BCUT2D eigenvalue weighted by molar-refractivity contribution is 5.29. The predicted molar refractivity (Wildman–Crippen MR) is 68.3 cm³/mol. The molecule has 0 aromatic heterocycles. The Hall–Kier alpha value is -1.06. The van der Waals surface area contributed by atoms with Crippen LogP contribution in [-0.2, 0) is 0 Å². The summed E-state index contributed by atoms with van der Waals surface area (Å²) < 4.78 is 5.11. The number of hydrogen-bond donors (Lipinski definition) is 2. The van der Waals surface area contributed by atoms with Crippen LogP contribution in [0.5, 0.6) is 5.75 Å². The zero-order valence-corrected chi connectivity index (χ0v) is 10.8. The van der Waals surface area contributed by atoms with Gasteiger partial charge >= 0.3 is 0 Å². The molecule has 0 bridgehead atoms. The van der Waals surface area contributed by atoms with Crippen molar-refractivity contribution in [2.24, 2.45) is 0 Å². The summed E-state index contributed by atoms with van der Waals surface area (Å²) in [5.41, 5.74) is 1.17. The zero-order chi connectivity index (χ0) is 12.8. The van der Waals surface area contributed by atoms with Gasteiger partial charge in [0.2, 0.25) is 0 Å². The van der Waals surface area contributed by atoms with Crippen molar-refractivity contribution in [2.45, 2.75) is 44.8 Å². The van der Waals surface area contributed by atoms with Crippen molar-refractivity contribution in [3.05, 3.63) is 29.8 Å². The Balaban J connectivity index is 2.72. The molecule has 0 heterocycles. The molecule has 0 fully saturated rings. The van der Waals surface area contributed by atoms with Gasteiger partial charge in [0.25, 0.3) is 0 Å². The molecule has 3 heteroatoms. The van der Waals surface area contributed by atoms with Crippen LogP contribution in [0, 0.1) is 0 Å². The monoisotopic (exact) mass is 238 g/mol. The lowest BCUT2D eigenvalue weighted by molar-refractivity contribution is 0.0215. The van der Waals surface area contributed by atoms with E-state index in [1.54, 1.807) is 14.0 Å². The molecule has 1 aromatic carbocycles. The third-order valence-electron chi connectivity index (χ3n) is 3.16. The average molecular weight is 238 g/mol. The summed E-state index contributed by atoms with van der Waals surface area (Å²) in [5, 5.41) is 19.0. The molecule has 0 amide bonds. The van der Waals surface area contributed by atoms with Crippen LogP contribution in [0.2, 0.25) is 0 Å². The Morgan fingerprint density at radius 2 is 1.76 bits per heavy atom. The van der Waals surface area contributed by atoms with E-state index in [0.717, 1.165) is 12.2 Å². The lowest BCUT2D eigenvalue weighted by Gasteiger charge is -2.21. The zero-order valence-electron chi connectivity index (χ0n) is 10.8. The van der Waals surface area contributed by atoms with E-state index in [0.29, 0.717) is 6.42 Å². The molecule has 1 aromatic rings. The van der Waals surface area contributed by atoms with E-state index in [4.69, 9.17) is 4.74 Å². The van der Waals surface area contributed by atoms with Gasteiger partial charge in [0.1, 0.15) is 5.75 Å². The molecule has 0 saturated heterocycles. The summed E-state index contributed by atoms with van der Waals surface area (Å²) in [7, 11) is 1.64. The third kappa shape index (κ3) is 4.02.